The summed E-state index contributed by atoms with van der Waals surface area (Å²) < 4.78 is 1.09. The van der Waals surface area contributed by atoms with Gasteiger partial charge in [-0.2, -0.15) is 0 Å². The Morgan fingerprint density at radius 3 is 3.00 bits per heavy atom. The number of aliphatic hydroxyl groups excluding tert-OH is 1. The molecule has 80 valence electrons. The van der Waals surface area contributed by atoms with E-state index in [0.717, 1.165) is 22.2 Å². The summed E-state index contributed by atoms with van der Waals surface area (Å²) in [6, 6.07) is 6.06. The van der Waals surface area contributed by atoms with Crippen LogP contribution < -0.4 is 5.73 Å². The number of fused-ring (bicyclic) bond motifs is 1. The van der Waals surface area contributed by atoms with Crippen LogP contribution in [0.4, 0.5) is 5.13 Å². The van der Waals surface area contributed by atoms with Crippen molar-refractivity contribution >= 4 is 26.7 Å². The average Bonchev–Trinajstić information content (AvgIpc) is 2.59. The van der Waals surface area contributed by atoms with E-state index >= 15 is 0 Å². The van der Waals surface area contributed by atoms with E-state index < -0.39 is 0 Å². The van der Waals surface area contributed by atoms with Gasteiger partial charge in [0.1, 0.15) is 0 Å². The molecule has 1 aromatic heterocycles. The number of hydrogen-bond acceptors (Lipinski definition) is 4. The Hall–Kier alpha value is -1.13. The Bertz CT molecular complexity index is 463. The molecule has 2 aromatic rings. The molecule has 3 N–H and O–H groups in total. The standard InChI is InChI=1S/C11H14N2OS/c1-2-7(6-14)8-3-4-9-10(5-8)15-11(12)13-9/h3-5,7,14H,2,6H2,1H3,(H2,12,13). The van der Waals surface area contributed by atoms with Crippen LogP contribution in [0.5, 0.6) is 0 Å². The third-order valence-electron chi connectivity index (χ3n) is 2.61. The lowest BCUT2D eigenvalue weighted by Gasteiger charge is -2.11. The number of nitrogens with zero attached hydrogens (tertiary/aromatic N) is 1. The van der Waals surface area contributed by atoms with Gasteiger partial charge in [0.2, 0.25) is 0 Å². The summed E-state index contributed by atoms with van der Waals surface area (Å²) in [4.78, 5) is 4.20. The molecule has 0 aliphatic heterocycles. The number of aliphatic hydroxyl groups is 1. The van der Waals surface area contributed by atoms with Crippen LogP contribution in [0.15, 0.2) is 18.2 Å². The van der Waals surface area contributed by atoms with Gasteiger partial charge in [-0.15, -0.1) is 0 Å². The third-order valence-corrected chi connectivity index (χ3v) is 3.46. The number of rotatable bonds is 3. The first-order chi connectivity index (χ1) is 7.24. The molecule has 2 rings (SSSR count). The van der Waals surface area contributed by atoms with Crippen molar-refractivity contribution < 1.29 is 5.11 Å². The first kappa shape index (κ1) is 10.4. The molecule has 0 saturated carbocycles. The SMILES string of the molecule is CCC(CO)c1ccc2nc(N)sc2c1. The van der Waals surface area contributed by atoms with Crippen LogP contribution >= 0.6 is 11.3 Å². The third kappa shape index (κ3) is 1.96. The molecule has 0 spiro atoms. The van der Waals surface area contributed by atoms with E-state index in [4.69, 9.17) is 5.73 Å². The Morgan fingerprint density at radius 1 is 1.53 bits per heavy atom. The number of anilines is 1. The topological polar surface area (TPSA) is 59.1 Å². The maximum atomic E-state index is 9.22. The number of aromatic nitrogens is 1. The fraction of sp³-hybridized carbons (Fsp3) is 0.364. The lowest BCUT2D eigenvalue weighted by Crippen LogP contribution is -2.01. The lowest BCUT2D eigenvalue weighted by atomic mass is 9.97. The van der Waals surface area contributed by atoms with Gasteiger partial charge in [0.15, 0.2) is 5.13 Å². The molecule has 0 radical (unpaired) electrons. The number of nitrogen functional groups attached to an aromatic ring is 1. The summed E-state index contributed by atoms with van der Waals surface area (Å²) in [6.45, 7) is 2.27. The zero-order valence-electron chi connectivity index (χ0n) is 8.60. The predicted molar refractivity (Wildman–Crippen MR) is 64.2 cm³/mol. The van der Waals surface area contributed by atoms with Crippen molar-refractivity contribution in [3.05, 3.63) is 23.8 Å². The molecular weight excluding hydrogens is 208 g/mol. The van der Waals surface area contributed by atoms with Gasteiger partial charge in [0.25, 0.3) is 0 Å². The molecule has 0 saturated heterocycles. The zero-order chi connectivity index (χ0) is 10.8. The van der Waals surface area contributed by atoms with Gasteiger partial charge < -0.3 is 10.8 Å². The summed E-state index contributed by atoms with van der Waals surface area (Å²) in [6.07, 6.45) is 0.941. The predicted octanol–water partition coefficient (Wildman–Crippen LogP) is 2.36. The second kappa shape index (κ2) is 4.16. The average molecular weight is 222 g/mol. The summed E-state index contributed by atoms with van der Waals surface area (Å²) >= 11 is 1.49. The van der Waals surface area contributed by atoms with Gasteiger partial charge in [-0.25, -0.2) is 4.98 Å². The van der Waals surface area contributed by atoms with Crippen LogP contribution in [0.3, 0.4) is 0 Å². The zero-order valence-corrected chi connectivity index (χ0v) is 9.42. The molecule has 1 aromatic carbocycles. The van der Waals surface area contributed by atoms with Gasteiger partial charge in [0, 0.05) is 12.5 Å². The van der Waals surface area contributed by atoms with Crippen LogP contribution in [-0.4, -0.2) is 16.7 Å². The fourth-order valence-corrected chi connectivity index (χ4v) is 2.47. The van der Waals surface area contributed by atoms with Gasteiger partial charge in [-0.1, -0.05) is 24.3 Å². The molecule has 0 fully saturated rings. The van der Waals surface area contributed by atoms with Crippen LogP contribution in [-0.2, 0) is 0 Å². The van der Waals surface area contributed by atoms with Crippen molar-refractivity contribution in [1.29, 1.82) is 0 Å². The lowest BCUT2D eigenvalue weighted by molar-refractivity contribution is 0.262. The largest absolute Gasteiger partial charge is 0.396 e. The number of benzene rings is 1. The van der Waals surface area contributed by atoms with Crippen molar-refractivity contribution in [3.63, 3.8) is 0 Å². The van der Waals surface area contributed by atoms with Crippen LogP contribution in [0.1, 0.15) is 24.8 Å². The maximum Gasteiger partial charge on any atom is 0.181 e. The molecule has 0 bridgehead atoms. The summed E-state index contributed by atoms with van der Waals surface area (Å²) in [5.74, 6) is 0.220. The molecule has 1 atom stereocenters. The monoisotopic (exact) mass is 222 g/mol. The molecule has 0 amide bonds. The molecule has 1 heterocycles. The van der Waals surface area contributed by atoms with Crippen molar-refractivity contribution in [1.82, 2.24) is 4.98 Å². The van der Waals surface area contributed by atoms with E-state index in [1.54, 1.807) is 0 Å². The number of thiazole rings is 1. The van der Waals surface area contributed by atoms with E-state index in [0.29, 0.717) is 5.13 Å². The quantitative estimate of drug-likeness (QED) is 0.838. The Kier molecular flexibility index (Phi) is 2.88. The van der Waals surface area contributed by atoms with Crippen LogP contribution in [0.25, 0.3) is 10.2 Å². The Labute approximate surface area is 92.6 Å². The highest BCUT2D eigenvalue weighted by atomic mass is 32.1. The smallest absolute Gasteiger partial charge is 0.181 e. The van der Waals surface area contributed by atoms with E-state index in [1.165, 1.54) is 11.3 Å². The number of hydrogen-bond donors (Lipinski definition) is 2. The van der Waals surface area contributed by atoms with Gasteiger partial charge in [-0.05, 0) is 24.1 Å². The number of nitrogens with two attached hydrogens (primary N) is 1. The second-order valence-electron chi connectivity index (χ2n) is 3.57. The minimum Gasteiger partial charge on any atom is -0.396 e. The minimum absolute atomic E-state index is 0.191. The summed E-state index contributed by atoms with van der Waals surface area (Å²) in [7, 11) is 0. The highest BCUT2D eigenvalue weighted by Gasteiger charge is 2.09. The first-order valence-electron chi connectivity index (χ1n) is 5.01. The summed E-state index contributed by atoms with van der Waals surface area (Å²) in [5.41, 5.74) is 7.74. The van der Waals surface area contributed by atoms with Crippen LogP contribution in [0, 0.1) is 0 Å². The molecule has 3 nitrogen and oxygen atoms in total. The fourth-order valence-electron chi connectivity index (χ4n) is 1.68. The normalized spacial score (nSPS) is 13.2. The maximum absolute atomic E-state index is 9.22. The van der Waals surface area contributed by atoms with Crippen molar-refractivity contribution in [2.24, 2.45) is 0 Å². The molecular formula is C11H14N2OS. The van der Waals surface area contributed by atoms with Crippen LogP contribution in [0.2, 0.25) is 0 Å². The van der Waals surface area contributed by atoms with Gasteiger partial charge in [0.05, 0.1) is 10.2 Å². The summed E-state index contributed by atoms with van der Waals surface area (Å²) in [5, 5.41) is 9.82. The second-order valence-corrected chi connectivity index (χ2v) is 4.63. The van der Waals surface area contributed by atoms with E-state index in [1.807, 2.05) is 12.1 Å². The van der Waals surface area contributed by atoms with Crippen molar-refractivity contribution in [2.75, 3.05) is 12.3 Å². The molecule has 15 heavy (non-hydrogen) atoms. The highest BCUT2D eigenvalue weighted by molar-refractivity contribution is 7.22. The van der Waals surface area contributed by atoms with Gasteiger partial charge >= 0.3 is 0 Å². The van der Waals surface area contributed by atoms with E-state index in [2.05, 4.69) is 18.0 Å². The highest BCUT2D eigenvalue weighted by Crippen LogP contribution is 2.28. The van der Waals surface area contributed by atoms with Crippen molar-refractivity contribution in [2.45, 2.75) is 19.3 Å². The van der Waals surface area contributed by atoms with Gasteiger partial charge in [-0.3, -0.25) is 0 Å². The van der Waals surface area contributed by atoms with Crippen molar-refractivity contribution in [3.8, 4) is 0 Å². The molecule has 1 unspecified atom stereocenters. The van der Waals surface area contributed by atoms with E-state index in [-0.39, 0.29) is 12.5 Å². The molecule has 0 aliphatic rings. The Balaban J connectivity index is 2.45. The Morgan fingerprint density at radius 2 is 2.33 bits per heavy atom. The molecule has 0 aliphatic carbocycles. The minimum atomic E-state index is 0.191. The first-order valence-corrected chi connectivity index (χ1v) is 5.83. The molecule has 4 heteroatoms. The van der Waals surface area contributed by atoms with E-state index in [9.17, 15) is 5.11 Å².